The van der Waals surface area contributed by atoms with Crippen molar-refractivity contribution in [2.45, 2.75) is 18.6 Å². The van der Waals surface area contributed by atoms with Crippen LogP contribution in [-0.2, 0) is 9.59 Å². The summed E-state index contributed by atoms with van der Waals surface area (Å²) in [6.07, 6.45) is 0.336. The van der Waals surface area contributed by atoms with Crippen molar-refractivity contribution in [1.82, 2.24) is 4.98 Å². The van der Waals surface area contributed by atoms with Crippen molar-refractivity contribution in [2.24, 2.45) is 0 Å². The first-order chi connectivity index (χ1) is 8.60. The number of nitriles is 1. The second-order valence-corrected chi connectivity index (χ2v) is 5.41. The number of rotatable bonds is 2. The molecule has 0 N–H and O–H groups in total. The summed E-state index contributed by atoms with van der Waals surface area (Å²) in [5.74, 6) is 0.419. The van der Waals surface area contributed by atoms with Gasteiger partial charge in [0.2, 0.25) is 5.91 Å². The molecule has 0 spiro atoms. The molecule has 1 fully saturated rings. The molecule has 2 rings (SSSR count). The van der Waals surface area contributed by atoms with Gasteiger partial charge in [0.15, 0.2) is 5.12 Å². The van der Waals surface area contributed by atoms with E-state index in [4.69, 9.17) is 5.26 Å². The number of hydrogen-bond donors (Lipinski definition) is 0. The van der Waals surface area contributed by atoms with E-state index in [1.807, 2.05) is 6.07 Å². The summed E-state index contributed by atoms with van der Waals surface area (Å²) in [5, 5.41) is 8.76. The minimum Gasteiger partial charge on any atom is -0.296 e. The second-order valence-electron chi connectivity index (χ2n) is 3.93. The average molecular weight is 261 g/mol. The molecule has 1 aliphatic heterocycles. The fourth-order valence-corrected chi connectivity index (χ4v) is 2.76. The number of hydrogen-bond acceptors (Lipinski definition) is 5. The van der Waals surface area contributed by atoms with Crippen LogP contribution in [0.2, 0.25) is 0 Å². The van der Waals surface area contributed by atoms with Crippen LogP contribution in [-0.4, -0.2) is 27.8 Å². The maximum atomic E-state index is 11.8. The number of carbonyl (C=O) groups excluding carboxylic acids is 2. The van der Waals surface area contributed by atoms with Crippen molar-refractivity contribution in [1.29, 1.82) is 5.26 Å². The summed E-state index contributed by atoms with van der Waals surface area (Å²) < 4.78 is 0. The van der Waals surface area contributed by atoms with Crippen LogP contribution < -0.4 is 4.90 Å². The van der Waals surface area contributed by atoms with Gasteiger partial charge >= 0.3 is 0 Å². The molecule has 1 aliphatic rings. The van der Waals surface area contributed by atoms with Crippen molar-refractivity contribution < 1.29 is 9.59 Å². The minimum atomic E-state index is -0.0589. The summed E-state index contributed by atoms with van der Waals surface area (Å²) in [5.41, 5.74) is 0.281. The van der Waals surface area contributed by atoms with Gasteiger partial charge in [0.1, 0.15) is 17.6 Å². The molecule has 1 aromatic rings. The number of amides is 1. The minimum absolute atomic E-state index is 0.00776. The number of anilines is 1. The van der Waals surface area contributed by atoms with Crippen molar-refractivity contribution in [2.75, 3.05) is 11.4 Å². The van der Waals surface area contributed by atoms with Crippen LogP contribution in [0.15, 0.2) is 18.2 Å². The molecule has 0 bridgehead atoms. The zero-order valence-corrected chi connectivity index (χ0v) is 10.6. The van der Waals surface area contributed by atoms with E-state index in [0.29, 0.717) is 18.8 Å². The summed E-state index contributed by atoms with van der Waals surface area (Å²) in [6, 6.07) is 6.92. The van der Waals surface area contributed by atoms with E-state index < -0.39 is 0 Å². The molecule has 1 atom stereocenters. The molecule has 2 heterocycles. The molecule has 1 aromatic heterocycles. The van der Waals surface area contributed by atoms with Gasteiger partial charge in [-0.25, -0.2) is 4.98 Å². The van der Waals surface area contributed by atoms with Crippen molar-refractivity contribution >= 4 is 28.6 Å². The van der Waals surface area contributed by atoms with Gasteiger partial charge in [-0.3, -0.25) is 14.5 Å². The molecule has 1 saturated heterocycles. The molecule has 6 heteroatoms. The quantitative estimate of drug-likeness (QED) is 0.803. The topological polar surface area (TPSA) is 74.1 Å². The smallest absolute Gasteiger partial charge is 0.229 e. The van der Waals surface area contributed by atoms with Crippen LogP contribution in [0.4, 0.5) is 5.82 Å². The second kappa shape index (κ2) is 5.19. The van der Waals surface area contributed by atoms with E-state index in [-0.39, 0.29) is 22.0 Å². The highest BCUT2D eigenvalue weighted by molar-refractivity contribution is 8.14. The maximum Gasteiger partial charge on any atom is 0.229 e. The Labute approximate surface area is 109 Å². The molecule has 0 radical (unpaired) electrons. The number of nitrogens with zero attached hydrogens (tertiary/aromatic N) is 3. The van der Waals surface area contributed by atoms with E-state index in [1.165, 1.54) is 23.6 Å². The molecule has 92 valence electrons. The highest BCUT2D eigenvalue weighted by atomic mass is 32.2. The molecule has 0 aliphatic carbocycles. The van der Waals surface area contributed by atoms with Gasteiger partial charge in [-0.1, -0.05) is 17.8 Å². The summed E-state index contributed by atoms with van der Waals surface area (Å²) in [7, 11) is 0. The monoisotopic (exact) mass is 261 g/mol. The zero-order valence-electron chi connectivity index (χ0n) is 9.79. The van der Waals surface area contributed by atoms with Crippen LogP contribution in [0.3, 0.4) is 0 Å². The van der Waals surface area contributed by atoms with Gasteiger partial charge in [-0.15, -0.1) is 0 Å². The Balaban J connectivity index is 2.16. The first-order valence-corrected chi connectivity index (χ1v) is 6.33. The largest absolute Gasteiger partial charge is 0.296 e. The number of thioether (sulfide) groups is 1. The van der Waals surface area contributed by atoms with E-state index >= 15 is 0 Å². The van der Waals surface area contributed by atoms with E-state index in [0.717, 1.165) is 0 Å². The first-order valence-electron chi connectivity index (χ1n) is 5.45. The number of pyridine rings is 1. The Hall–Kier alpha value is -1.87. The van der Waals surface area contributed by atoms with Gasteiger partial charge in [0.05, 0.1) is 0 Å². The first kappa shape index (κ1) is 12.6. The van der Waals surface area contributed by atoms with Gasteiger partial charge in [-0.2, -0.15) is 5.26 Å². The molecule has 1 unspecified atom stereocenters. The van der Waals surface area contributed by atoms with E-state index in [9.17, 15) is 9.59 Å². The maximum absolute atomic E-state index is 11.8. The molecule has 0 aromatic carbocycles. The Kier molecular flexibility index (Phi) is 3.63. The molecular weight excluding hydrogens is 250 g/mol. The lowest BCUT2D eigenvalue weighted by Crippen LogP contribution is -2.26. The van der Waals surface area contributed by atoms with Crippen LogP contribution in [0.5, 0.6) is 0 Å². The Bertz CT molecular complexity index is 538. The molecule has 0 saturated carbocycles. The van der Waals surface area contributed by atoms with Gasteiger partial charge in [-0.05, 0) is 12.1 Å². The van der Waals surface area contributed by atoms with Gasteiger partial charge in [0.25, 0.3) is 0 Å². The van der Waals surface area contributed by atoms with E-state index in [1.54, 1.807) is 18.2 Å². The summed E-state index contributed by atoms with van der Waals surface area (Å²) in [4.78, 5) is 28.5. The lowest BCUT2D eigenvalue weighted by molar-refractivity contribution is -0.117. The highest BCUT2D eigenvalue weighted by Crippen LogP contribution is 2.27. The Morgan fingerprint density at radius 3 is 3.06 bits per heavy atom. The van der Waals surface area contributed by atoms with Crippen molar-refractivity contribution in [3.63, 3.8) is 0 Å². The SMILES string of the molecule is CC(=O)SC1CC(=O)N(c2cccc(C#N)n2)C1. The lowest BCUT2D eigenvalue weighted by Gasteiger charge is -2.15. The molecule has 1 amide bonds. The average Bonchev–Trinajstić information content (AvgIpc) is 2.69. The highest BCUT2D eigenvalue weighted by Gasteiger charge is 2.32. The van der Waals surface area contributed by atoms with Crippen LogP contribution >= 0.6 is 11.8 Å². The molecule has 18 heavy (non-hydrogen) atoms. The third-order valence-electron chi connectivity index (χ3n) is 2.55. The fraction of sp³-hybridized carbons (Fsp3) is 0.333. The third kappa shape index (κ3) is 2.68. The Morgan fingerprint density at radius 1 is 1.61 bits per heavy atom. The predicted molar refractivity (Wildman–Crippen MR) is 68.0 cm³/mol. The van der Waals surface area contributed by atoms with Crippen molar-refractivity contribution in [3.05, 3.63) is 23.9 Å². The molecule has 5 nitrogen and oxygen atoms in total. The standard InChI is InChI=1S/C12H11N3O2S/c1-8(16)18-10-5-12(17)15(7-10)11-4-2-3-9(6-13)14-11/h2-4,10H,5,7H2,1H3. The van der Waals surface area contributed by atoms with Crippen LogP contribution in [0.25, 0.3) is 0 Å². The Morgan fingerprint density at radius 2 is 2.39 bits per heavy atom. The predicted octanol–water partition coefficient (Wildman–Crippen LogP) is 1.34. The van der Waals surface area contributed by atoms with Gasteiger partial charge in [0, 0.05) is 25.1 Å². The van der Waals surface area contributed by atoms with E-state index in [2.05, 4.69) is 4.98 Å². The lowest BCUT2D eigenvalue weighted by atomic mass is 10.3. The fourth-order valence-electron chi connectivity index (χ4n) is 1.85. The summed E-state index contributed by atoms with van der Waals surface area (Å²) >= 11 is 1.18. The number of aromatic nitrogens is 1. The number of carbonyl (C=O) groups is 2. The van der Waals surface area contributed by atoms with Crippen LogP contribution in [0, 0.1) is 11.3 Å². The molecular formula is C12H11N3O2S. The zero-order chi connectivity index (χ0) is 13.1. The third-order valence-corrected chi connectivity index (χ3v) is 3.53. The van der Waals surface area contributed by atoms with Crippen molar-refractivity contribution in [3.8, 4) is 6.07 Å². The van der Waals surface area contributed by atoms with Crippen LogP contribution in [0.1, 0.15) is 19.0 Å². The summed E-state index contributed by atoms with van der Waals surface area (Å²) in [6.45, 7) is 1.96. The normalized spacial score (nSPS) is 18.8. The van der Waals surface area contributed by atoms with Gasteiger partial charge < -0.3 is 0 Å².